The van der Waals surface area contributed by atoms with Crippen LogP contribution < -0.4 is 20.7 Å². The van der Waals surface area contributed by atoms with E-state index in [0.29, 0.717) is 24.3 Å². The first-order valence-corrected chi connectivity index (χ1v) is 18.1. The molecule has 4 aromatic rings. The number of fused-ring (bicyclic) bond motifs is 1. The van der Waals surface area contributed by atoms with Gasteiger partial charge in [-0.15, -0.1) is 0 Å². The molecule has 0 radical (unpaired) electrons. The second kappa shape index (κ2) is 15.9. The summed E-state index contributed by atoms with van der Waals surface area (Å²) in [5.41, 5.74) is 4.97. The molecule has 10 nitrogen and oxygen atoms in total. The van der Waals surface area contributed by atoms with Crippen LogP contribution in [-0.4, -0.2) is 76.3 Å². The third-order valence-corrected chi connectivity index (χ3v) is 10.1. The Bertz CT molecular complexity index is 1760. The number of ether oxygens (including phenoxy) is 1. The third-order valence-electron chi connectivity index (χ3n) is 10.1. The monoisotopic (exact) mass is 679 g/mol. The summed E-state index contributed by atoms with van der Waals surface area (Å²) < 4.78 is 22.4. The van der Waals surface area contributed by atoms with E-state index >= 15 is 0 Å². The average Bonchev–Trinajstić information content (AvgIpc) is 3.59. The molecule has 3 aliphatic rings. The molecule has 262 valence electrons. The fraction of sp³-hybridized carbons (Fsp3) is 0.436. The molecule has 7 rings (SSSR count). The van der Waals surface area contributed by atoms with E-state index in [2.05, 4.69) is 55.2 Å². The molecule has 2 fully saturated rings. The lowest BCUT2D eigenvalue weighted by molar-refractivity contribution is 0.0887. The smallest absolute Gasteiger partial charge is 0.272 e. The minimum absolute atomic E-state index is 0.00925. The lowest BCUT2D eigenvalue weighted by atomic mass is 9.91. The van der Waals surface area contributed by atoms with Crippen LogP contribution in [0.25, 0.3) is 11.1 Å². The molecule has 11 heteroatoms. The van der Waals surface area contributed by atoms with Gasteiger partial charge in [-0.05, 0) is 105 Å². The molecule has 2 amide bonds. The number of piperazine rings is 1. The number of nitrogens with zero attached hydrogens (tertiary/aromatic N) is 4. The van der Waals surface area contributed by atoms with Crippen LogP contribution in [0.2, 0.25) is 0 Å². The molecule has 1 saturated carbocycles. The van der Waals surface area contributed by atoms with Crippen molar-refractivity contribution >= 4 is 11.8 Å². The van der Waals surface area contributed by atoms with E-state index in [9.17, 15) is 14.0 Å². The summed E-state index contributed by atoms with van der Waals surface area (Å²) in [4.78, 5) is 33.0. The van der Waals surface area contributed by atoms with E-state index in [0.717, 1.165) is 107 Å². The standard InChI is InChI=1S/C39H46FN7O3/c40-30-24-35(37(48)43-31-13-15-32(16-14-31)44-38(49)36-25-33-7-1-2-20-47(33)45-36)39(42-26-30)50-34-8-3-6-29(23-34)28-11-9-27(10-12-28)5-4-19-46-21-17-41-18-22-46/h3,6,8-12,23-26,31-32,41H,1-2,4-5,7,13-22H2,(H,43,48)(H,44,49)/t31-,32+. The first-order valence-electron chi connectivity index (χ1n) is 18.1. The Morgan fingerprint density at radius 3 is 2.40 bits per heavy atom. The number of hydrogen-bond donors (Lipinski definition) is 3. The number of amides is 2. The van der Waals surface area contributed by atoms with Crippen molar-refractivity contribution in [3.8, 4) is 22.8 Å². The summed E-state index contributed by atoms with van der Waals surface area (Å²) in [5.74, 6) is -0.650. The van der Waals surface area contributed by atoms with Crippen LogP contribution in [0, 0.1) is 5.82 Å². The number of benzene rings is 2. The van der Waals surface area contributed by atoms with Crippen molar-refractivity contribution in [3.63, 3.8) is 0 Å². The number of pyridine rings is 1. The zero-order valence-corrected chi connectivity index (χ0v) is 28.5. The first-order chi connectivity index (χ1) is 24.5. The second-order valence-corrected chi connectivity index (χ2v) is 13.7. The second-order valence-electron chi connectivity index (χ2n) is 13.7. The van der Waals surface area contributed by atoms with E-state index in [-0.39, 0.29) is 29.4 Å². The van der Waals surface area contributed by atoms with Gasteiger partial charge in [-0.25, -0.2) is 9.37 Å². The van der Waals surface area contributed by atoms with Gasteiger partial charge in [0, 0.05) is 50.5 Å². The molecule has 2 aliphatic heterocycles. The van der Waals surface area contributed by atoms with E-state index in [1.165, 1.54) is 11.6 Å². The van der Waals surface area contributed by atoms with Crippen LogP contribution >= 0.6 is 0 Å². The van der Waals surface area contributed by atoms with Gasteiger partial charge in [0.25, 0.3) is 11.8 Å². The van der Waals surface area contributed by atoms with Gasteiger partial charge in [0.15, 0.2) is 0 Å². The van der Waals surface area contributed by atoms with Gasteiger partial charge in [0.1, 0.15) is 22.8 Å². The SMILES string of the molecule is O=C(N[C@H]1CC[C@@H](NC(=O)c2cc(F)cnc2Oc2cccc(-c3ccc(CCCN4CCNCC4)cc3)c2)CC1)c1cc2n(n1)CCCC2. The van der Waals surface area contributed by atoms with Gasteiger partial charge >= 0.3 is 0 Å². The molecule has 2 aromatic carbocycles. The maximum absolute atomic E-state index is 14.4. The molecule has 1 saturated heterocycles. The Labute approximate surface area is 292 Å². The maximum atomic E-state index is 14.4. The van der Waals surface area contributed by atoms with Crippen molar-refractivity contribution < 1.29 is 18.7 Å². The Hall–Kier alpha value is -4.61. The Balaban J connectivity index is 0.923. The van der Waals surface area contributed by atoms with Gasteiger partial charge in [0.05, 0.1) is 6.20 Å². The van der Waals surface area contributed by atoms with Crippen LogP contribution in [0.3, 0.4) is 0 Å². The third kappa shape index (κ3) is 8.57. The van der Waals surface area contributed by atoms with Crippen molar-refractivity contribution in [1.82, 2.24) is 35.6 Å². The average molecular weight is 680 g/mol. The summed E-state index contributed by atoms with van der Waals surface area (Å²) in [6.45, 7) is 6.37. The molecular formula is C39H46FN7O3. The highest BCUT2D eigenvalue weighted by Crippen LogP contribution is 2.29. The van der Waals surface area contributed by atoms with E-state index in [4.69, 9.17) is 4.74 Å². The highest BCUT2D eigenvalue weighted by molar-refractivity contribution is 5.96. The normalized spacial score (nSPS) is 19.4. The fourth-order valence-corrected chi connectivity index (χ4v) is 7.26. The number of rotatable bonds is 11. The molecule has 4 heterocycles. The maximum Gasteiger partial charge on any atom is 0.272 e. The summed E-state index contributed by atoms with van der Waals surface area (Å²) >= 11 is 0. The Morgan fingerprint density at radius 1 is 0.880 bits per heavy atom. The summed E-state index contributed by atoms with van der Waals surface area (Å²) in [5, 5.41) is 14.1. The van der Waals surface area contributed by atoms with Crippen molar-refractivity contribution in [3.05, 3.63) is 95.2 Å². The van der Waals surface area contributed by atoms with Crippen molar-refractivity contribution in [2.75, 3.05) is 32.7 Å². The number of carbonyl (C=O) groups excluding carboxylic acids is 2. The zero-order chi connectivity index (χ0) is 34.3. The Kier molecular flexibility index (Phi) is 10.8. The quantitative estimate of drug-likeness (QED) is 0.191. The minimum Gasteiger partial charge on any atom is -0.438 e. The fourth-order valence-electron chi connectivity index (χ4n) is 7.26. The lowest BCUT2D eigenvalue weighted by Crippen LogP contribution is -2.44. The lowest BCUT2D eigenvalue weighted by Gasteiger charge is -2.29. The highest BCUT2D eigenvalue weighted by Gasteiger charge is 2.27. The van der Waals surface area contributed by atoms with Crippen molar-refractivity contribution in [2.45, 2.75) is 76.4 Å². The molecule has 50 heavy (non-hydrogen) atoms. The van der Waals surface area contributed by atoms with Gasteiger partial charge in [-0.3, -0.25) is 14.3 Å². The number of halogens is 1. The number of hydrogen-bond acceptors (Lipinski definition) is 7. The van der Waals surface area contributed by atoms with Gasteiger partial charge in [-0.2, -0.15) is 5.10 Å². The molecule has 0 bridgehead atoms. The van der Waals surface area contributed by atoms with E-state index in [1.807, 2.05) is 28.9 Å². The molecule has 3 N–H and O–H groups in total. The number of nitrogens with one attached hydrogen (secondary N) is 3. The van der Waals surface area contributed by atoms with Crippen LogP contribution in [-0.2, 0) is 19.4 Å². The predicted octanol–water partition coefficient (Wildman–Crippen LogP) is 5.52. The molecule has 2 aromatic heterocycles. The van der Waals surface area contributed by atoms with Gasteiger partial charge in [0.2, 0.25) is 5.88 Å². The first kappa shape index (κ1) is 33.9. The van der Waals surface area contributed by atoms with Crippen LogP contribution in [0.5, 0.6) is 11.6 Å². The van der Waals surface area contributed by atoms with Crippen molar-refractivity contribution in [1.29, 1.82) is 0 Å². The van der Waals surface area contributed by atoms with Gasteiger partial charge < -0.3 is 25.6 Å². The molecule has 0 unspecified atom stereocenters. The van der Waals surface area contributed by atoms with E-state index < -0.39 is 11.7 Å². The molecule has 1 aliphatic carbocycles. The van der Waals surface area contributed by atoms with Crippen LogP contribution in [0.1, 0.15) is 77.0 Å². The molecular weight excluding hydrogens is 633 g/mol. The summed E-state index contributed by atoms with van der Waals surface area (Å²) in [6.07, 6.45) is 9.22. The van der Waals surface area contributed by atoms with Crippen LogP contribution in [0.15, 0.2) is 66.9 Å². The number of aromatic nitrogens is 3. The van der Waals surface area contributed by atoms with Crippen LogP contribution in [0.4, 0.5) is 4.39 Å². The predicted molar refractivity (Wildman–Crippen MR) is 190 cm³/mol. The molecule has 0 spiro atoms. The largest absolute Gasteiger partial charge is 0.438 e. The zero-order valence-electron chi connectivity index (χ0n) is 28.5. The van der Waals surface area contributed by atoms with Crippen molar-refractivity contribution in [2.24, 2.45) is 0 Å². The topological polar surface area (TPSA) is 113 Å². The van der Waals surface area contributed by atoms with Gasteiger partial charge in [-0.1, -0.05) is 36.4 Å². The summed E-state index contributed by atoms with van der Waals surface area (Å²) in [6, 6.07) is 19.2. The molecule has 0 atom stereocenters. The number of carbonyl (C=O) groups is 2. The Morgan fingerprint density at radius 2 is 1.64 bits per heavy atom. The van der Waals surface area contributed by atoms with E-state index in [1.54, 1.807) is 6.07 Å². The highest BCUT2D eigenvalue weighted by atomic mass is 19.1. The minimum atomic E-state index is -0.614. The number of aryl methyl sites for hydroxylation is 3. The summed E-state index contributed by atoms with van der Waals surface area (Å²) in [7, 11) is 0.